The number of carbonyl (C=O) groups is 1. The lowest BCUT2D eigenvalue weighted by Gasteiger charge is -2.28. The molecule has 3 rings (SSSR count). The Hall–Kier alpha value is -1.55. The summed E-state index contributed by atoms with van der Waals surface area (Å²) in [4.78, 5) is 16.7. The van der Waals surface area contributed by atoms with E-state index in [4.69, 9.17) is 4.74 Å². The van der Waals surface area contributed by atoms with Crippen LogP contribution in [0.3, 0.4) is 0 Å². The first-order valence-electron chi connectivity index (χ1n) is 8.31. The third-order valence-corrected chi connectivity index (χ3v) is 4.91. The number of nitrogens with zero attached hydrogens (tertiary/aromatic N) is 2. The number of rotatable bonds is 3. The van der Waals surface area contributed by atoms with Crippen molar-refractivity contribution in [1.29, 1.82) is 0 Å². The Bertz CT molecular complexity index is 558. The Morgan fingerprint density at radius 1 is 1.41 bits per heavy atom. The Morgan fingerprint density at radius 3 is 3.00 bits per heavy atom. The molecule has 2 heterocycles. The molecule has 0 amide bonds. The van der Waals surface area contributed by atoms with Crippen LogP contribution in [0, 0.1) is 6.92 Å². The summed E-state index contributed by atoms with van der Waals surface area (Å²) in [7, 11) is 2.20. The highest BCUT2D eigenvalue weighted by Crippen LogP contribution is 2.44. The average molecular weight is 302 g/mol. The fourth-order valence-corrected chi connectivity index (χ4v) is 3.96. The van der Waals surface area contributed by atoms with Crippen LogP contribution in [-0.4, -0.2) is 50.2 Å². The molecule has 0 bridgehead atoms. The SMILES string of the molecule is CCOC(=O)CN1c2ccc(C)cc2[C@@H]2CN(C)CCC[C@H]21. The molecule has 2 atom stereocenters. The Balaban J connectivity index is 1.93. The molecular weight excluding hydrogens is 276 g/mol. The number of ether oxygens (including phenoxy) is 1. The number of anilines is 1. The van der Waals surface area contributed by atoms with E-state index in [0.29, 0.717) is 25.1 Å². The van der Waals surface area contributed by atoms with Gasteiger partial charge in [0.2, 0.25) is 0 Å². The van der Waals surface area contributed by atoms with Crippen LogP contribution in [0.25, 0.3) is 0 Å². The van der Waals surface area contributed by atoms with Gasteiger partial charge in [0.05, 0.1) is 6.61 Å². The third-order valence-electron chi connectivity index (χ3n) is 4.91. The van der Waals surface area contributed by atoms with E-state index in [1.165, 1.54) is 23.2 Å². The number of likely N-dealkylation sites (N-methyl/N-ethyl adjacent to an activating group) is 1. The topological polar surface area (TPSA) is 32.8 Å². The zero-order chi connectivity index (χ0) is 15.7. The summed E-state index contributed by atoms with van der Waals surface area (Å²) in [5.74, 6) is 0.379. The molecule has 0 unspecified atom stereocenters. The van der Waals surface area contributed by atoms with E-state index in [9.17, 15) is 4.79 Å². The lowest BCUT2D eigenvalue weighted by Crippen LogP contribution is -2.39. The summed E-state index contributed by atoms with van der Waals surface area (Å²) in [5, 5.41) is 0. The van der Waals surface area contributed by atoms with Gasteiger partial charge in [0, 0.05) is 24.2 Å². The van der Waals surface area contributed by atoms with Crippen LogP contribution in [0.2, 0.25) is 0 Å². The molecule has 1 aromatic carbocycles. The number of carbonyl (C=O) groups excluding carboxylic acids is 1. The van der Waals surface area contributed by atoms with E-state index in [-0.39, 0.29) is 5.97 Å². The van der Waals surface area contributed by atoms with Crippen molar-refractivity contribution in [2.75, 3.05) is 38.2 Å². The monoisotopic (exact) mass is 302 g/mol. The van der Waals surface area contributed by atoms with Crippen molar-refractivity contribution in [1.82, 2.24) is 4.90 Å². The minimum absolute atomic E-state index is 0.118. The maximum Gasteiger partial charge on any atom is 0.325 e. The zero-order valence-corrected chi connectivity index (χ0v) is 13.8. The maximum atomic E-state index is 12.0. The van der Waals surface area contributed by atoms with Crippen LogP contribution in [0.1, 0.15) is 36.8 Å². The van der Waals surface area contributed by atoms with Crippen LogP contribution in [0.4, 0.5) is 5.69 Å². The van der Waals surface area contributed by atoms with Gasteiger partial charge in [0.25, 0.3) is 0 Å². The molecular formula is C18H26N2O2. The molecule has 0 radical (unpaired) electrons. The normalized spacial score (nSPS) is 24.6. The summed E-state index contributed by atoms with van der Waals surface area (Å²) in [5.41, 5.74) is 3.93. The summed E-state index contributed by atoms with van der Waals surface area (Å²) in [6, 6.07) is 7.05. The summed E-state index contributed by atoms with van der Waals surface area (Å²) in [6.45, 7) is 7.03. The second-order valence-corrected chi connectivity index (χ2v) is 6.57. The number of aryl methyl sites for hydroxylation is 1. The number of fused-ring (bicyclic) bond motifs is 3. The van der Waals surface area contributed by atoms with Gasteiger partial charge >= 0.3 is 5.97 Å². The molecule has 120 valence electrons. The second kappa shape index (κ2) is 6.29. The first kappa shape index (κ1) is 15.3. The van der Waals surface area contributed by atoms with Gasteiger partial charge in [-0.05, 0) is 51.9 Å². The van der Waals surface area contributed by atoms with Crippen LogP contribution in [0.15, 0.2) is 18.2 Å². The molecule has 22 heavy (non-hydrogen) atoms. The van der Waals surface area contributed by atoms with Crippen LogP contribution in [-0.2, 0) is 9.53 Å². The number of hydrogen-bond acceptors (Lipinski definition) is 4. The zero-order valence-electron chi connectivity index (χ0n) is 13.8. The van der Waals surface area contributed by atoms with Crippen LogP contribution < -0.4 is 4.90 Å². The lowest BCUT2D eigenvalue weighted by atomic mass is 9.92. The smallest absolute Gasteiger partial charge is 0.325 e. The molecule has 2 aliphatic heterocycles. The number of esters is 1. The largest absolute Gasteiger partial charge is 0.465 e. The molecule has 0 saturated carbocycles. The Morgan fingerprint density at radius 2 is 2.23 bits per heavy atom. The molecule has 0 N–H and O–H groups in total. The van der Waals surface area contributed by atoms with Gasteiger partial charge < -0.3 is 14.5 Å². The number of likely N-dealkylation sites (tertiary alicyclic amines) is 1. The van der Waals surface area contributed by atoms with Crippen molar-refractivity contribution in [3.63, 3.8) is 0 Å². The highest BCUT2D eigenvalue weighted by Gasteiger charge is 2.40. The van der Waals surface area contributed by atoms with Crippen molar-refractivity contribution in [2.45, 2.75) is 38.6 Å². The third kappa shape index (κ3) is 2.84. The first-order chi connectivity index (χ1) is 10.6. The summed E-state index contributed by atoms with van der Waals surface area (Å²) in [6.07, 6.45) is 2.33. The van der Waals surface area contributed by atoms with Crippen molar-refractivity contribution >= 4 is 11.7 Å². The second-order valence-electron chi connectivity index (χ2n) is 6.57. The van der Waals surface area contributed by atoms with E-state index >= 15 is 0 Å². The van der Waals surface area contributed by atoms with E-state index in [2.05, 4.69) is 42.0 Å². The molecule has 2 aliphatic rings. The quantitative estimate of drug-likeness (QED) is 0.803. The Labute approximate surface area is 133 Å². The molecule has 1 fully saturated rings. The van der Waals surface area contributed by atoms with Gasteiger partial charge in [0.1, 0.15) is 6.54 Å². The van der Waals surface area contributed by atoms with E-state index < -0.39 is 0 Å². The van der Waals surface area contributed by atoms with Crippen LogP contribution >= 0.6 is 0 Å². The van der Waals surface area contributed by atoms with E-state index in [0.717, 1.165) is 19.5 Å². The van der Waals surface area contributed by atoms with Gasteiger partial charge in [-0.25, -0.2) is 0 Å². The van der Waals surface area contributed by atoms with Gasteiger partial charge in [-0.3, -0.25) is 4.79 Å². The lowest BCUT2D eigenvalue weighted by molar-refractivity contribution is -0.141. The number of hydrogen-bond donors (Lipinski definition) is 0. The predicted molar refractivity (Wildman–Crippen MR) is 88.4 cm³/mol. The molecule has 4 nitrogen and oxygen atoms in total. The van der Waals surface area contributed by atoms with Crippen LogP contribution in [0.5, 0.6) is 0 Å². The molecule has 4 heteroatoms. The molecule has 0 aliphatic carbocycles. The van der Waals surface area contributed by atoms with Gasteiger partial charge in [-0.15, -0.1) is 0 Å². The minimum Gasteiger partial charge on any atom is -0.465 e. The molecule has 0 aromatic heterocycles. The number of benzene rings is 1. The summed E-state index contributed by atoms with van der Waals surface area (Å²) >= 11 is 0. The van der Waals surface area contributed by atoms with Crippen molar-refractivity contribution in [2.24, 2.45) is 0 Å². The van der Waals surface area contributed by atoms with Gasteiger partial charge in [-0.2, -0.15) is 0 Å². The molecule has 0 spiro atoms. The minimum atomic E-state index is -0.118. The highest BCUT2D eigenvalue weighted by molar-refractivity contribution is 5.78. The standard InChI is InChI=1S/C18H26N2O2/c1-4-22-18(21)12-20-16-6-5-9-19(3)11-15(16)14-10-13(2)7-8-17(14)20/h7-8,10,15-16H,4-6,9,11-12H2,1-3H3/t15-,16+/m0/s1. The predicted octanol–water partition coefficient (Wildman–Crippen LogP) is 2.56. The first-order valence-corrected chi connectivity index (χ1v) is 8.31. The van der Waals surface area contributed by atoms with Crippen molar-refractivity contribution in [3.05, 3.63) is 29.3 Å². The van der Waals surface area contributed by atoms with Gasteiger partial charge in [0.15, 0.2) is 0 Å². The van der Waals surface area contributed by atoms with Gasteiger partial charge in [-0.1, -0.05) is 17.7 Å². The van der Waals surface area contributed by atoms with E-state index in [1.54, 1.807) is 0 Å². The van der Waals surface area contributed by atoms with Crippen molar-refractivity contribution in [3.8, 4) is 0 Å². The van der Waals surface area contributed by atoms with E-state index in [1.807, 2.05) is 6.92 Å². The average Bonchev–Trinajstić information content (AvgIpc) is 2.62. The van der Waals surface area contributed by atoms with Crippen molar-refractivity contribution < 1.29 is 9.53 Å². The summed E-state index contributed by atoms with van der Waals surface area (Å²) < 4.78 is 5.18. The maximum absolute atomic E-state index is 12.0. The Kier molecular flexibility index (Phi) is 4.39. The highest BCUT2D eigenvalue weighted by atomic mass is 16.5. The molecule has 1 saturated heterocycles. The molecule has 1 aromatic rings. The fourth-order valence-electron chi connectivity index (χ4n) is 3.96. The fraction of sp³-hybridized carbons (Fsp3) is 0.611.